The molecule has 1 fully saturated rings. The summed E-state index contributed by atoms with van der Waals surface area (Å²) in [6.45, 7) is 1.81. The molecule has 2 aromatic carbocycles. The van der Waals surface area contributed by atoms with Crippen LogP contribution < -0.4 is 5.32 Å². The number of rotatable bonds is 5. The van der Waals surface area contributed by atoms with Gasteiger partial charge in [0.15, 0.2) is 0 Å². The summed E-state index contributed by atoms with van der Waals surface area (Å²) in [5, 5.41) is 2.79. The van der Waals surface area contributed by atoms with Gasteiger partial charge in [-0.3, -0.25) is 14.5 Å². The van der Waals surface area contributed by atoms with Crippen LogP contribution in [0.3, 0.4) is 0 Å². The molecular weight excluding hydrogens is 456 g/mol. The fourth-order valence-electron chi connectivity index (χ4n) is 2.59. The van der Waals surface area contributed by atoms with Crippen molar-refractivity contribution in [3.63, 3.8) is 0 Å². The van der Waals surface area contributed by atoms with Gasteiger partial charge in [-0.05, 0) is 52.2 Å². The number of hydrogen-bond acceptors (Lipinski definition) is 4. The van der Waals surface area contributed by atoms with Gasteiger partial charge in [0.05, 0.1) is 10.6 Å². The molecule has 0 aromatic heterocycles. The van der Waals surface area contributed by atoms with Crippen molar-refractivity contribution in [3.8, 4) is 0 Å². The van der Waals surface area contributed by atoms with Gasteiger partial charge >= 0.3 is 0 Å². The standard InChI is InChI=1S/C21H17BrN2O2S2/c1-14(11-15-7-3-2-4-8-15)12-18-20(26)24(21(27)28-18)13-19(25)23-17-10-6-5-9-16(17)22/h2-12H,13H2,1H3,(H,23,25). The zero-order valence-electron chi connectivity index (χ0n) is 15.0. The van der Waals surface area contributed by atoms with Crippen molar-refractivity contribution in [3.05, 3.63) is 81.2 Å². The molecule has 1 heterocycles. The average molecular weight is 473 g/mol. The van der Waals surface area contributed by atoms with Gasteiger partial charge in [-0.1, -0.05) is 72.5 Å². The molecule has 0 spiro atoms. The van der Waals surface area contributed by atoms with Crippen LogP contribution in [0.1, 0.15) is 12.5 Å². The largest absolute Gasteiger partial charge is 0.324 e. The molecule has 0 radical (unpaired) electrons. The van der Waals surface area contributed by atoms with Crippen molar-refractivity contribution in [2.24, 2.45) is 0 Å². The van der Waals surface area contributed by atoms with E-state index < -0.39 is 0 Å². The molecule has 2 amide bonds. The van der Waals surface area contributed by atoms with E-state index in [0.29, 0.717) is 14.9 Å². The molecule has 0 saturated carbocycles. The first-order chi connectivity index (χ1) is 13.4. The van der Waals surface area contributed by atoms with Crippen LogP contribution in [-0.4, -0.2) is 27.6 Å². The molecule has 0 atom stereocenters. The minimum Gasteiger partial charge on any atom is -0.324 e. The topological polar surface area (TPSA) is 49.4 Å². The third-order valence-electron chi connectivity index (χ3n) is 3.88. The summed E-state index contributed by atoms with van der Waals surface area (Å²) >= 11 is 9.90. The Balaban J connectivity index is 1.68. The maximum atomic E-state index is 12.7. The Morgan fingerprint density at radius 2 is 1.86 bits per heavy atom. The zero-order chi connectivity index (χ0) is 20.1. The zero-order valence-corrected chi connectivity index (χ0v) is 18.2. The third-order valence-corrected chi connectivity index (χ3v) is 5.95. The van der Waals surface area contributed by atoms with Gasteiger partial charge in [0.2, 0.25) is 5.91 Å². The second-order valence-electron chi connectivity index (χ2n) is 6.09. The number of thiocarbonyl (C=S) groups is 1. The molecule has 142 valence electrons. The molecule has 2 aromatic rings. The van der Waals surface area contributed by atoms with Crippen molar-refractivity contribution in [1.82, 2.24) is 4.90 Å². The normalized spacial score (nSPS) is 16.0. The van der Waals surface area contributed by atoms with E-state index in [1.807, 2.05) is 61.5 Å². The van der Waals surface area contributed by atoms with E-state index in [-0.39, 0.29) is 18.4 Å². The van der Waals surface area contributed by atoms with Gasteiger partial charge in [0.25, 0.3) is 5.91 Å². The maximum absolute atomic E-state index is 12.7. The molecule has 1 aliphatic rings. The summed E-state index contributed by atoms with van der Waals surface area (Å²) in [7, 11) is 0. The van der Waals surface area contributed by atoms with E-state index >= 15 is 0 Å². The summed E-state index contributed by atoms with van der Waals surface area (Å²) < 4.78 is 1.15. The van der Waals surface area contributed by atoms with Crippen LogP contribution in [0.4, 0.5) is 5.69 Å². The molecule has 0 aliphatic carbocycles. The van der Waals surface area contributed by atoms with Crippen LogP contribution in [0.25, 0.3) is 6.08 Å². The molecular formula is C21H17BrN2O2S2. The minimum atomic E-state index is -0.305. The Bertz CT molecular complexity index is 987. The van der Waals surface area contributed by atoms with Gasteiger partial charge in [0, 0.05) is 4.47 Å². The number of nitrogens with zero attached hydrogens (tertiary/aromatic N) is 1. The number of thioether (sulfide) groups is 1. The van der Waals surface area contributed by atoms with Crippen LogP contribution in [0.15, 0.2) is 75.6 Å². The summed E-state index contributed by atoms with van der Waals surface area (Å²) in [6, 6.07) is 17.2. The molecule has 1 aliphatic heterocycles. The van der Waals surface area contributed by atoms with Gasteiger partial charge in [-0.2, -0.15) is 0 Å². The monoisotopic (exact) mass is 472 g/mol. The molecule has 0 bridgehead atoms. The number of halogens is 1. The molecule has 28 heavy (non-hydrogen) atoms. The van der Waals surface area contributed by atoms with E-state index in [9.17, 15) is 9.59 Å². The van der Waals surface area contributed by atoms with E-state index in [1.165, 1.54) is 16.7 Å². The van der Waals surface area contributed by atoms with E-state index in [0.717, 1.165) is 15.6 Å². The van der Waals surface area contributed by atoms with Crippen LogP contribution in [-0.2, 0) is 9.59 Å². The molecule has 7 heteroatoms. The average Bonchev–Trinajstić information content (AvgIpc) is 2.91. The number of carbonyl (C=O) groups is 2. The Labute approximate surface area is 181 Å². The van der Waals surface area contributed by atoms with E-state index in [4.69, 9.17) is 12.2 Å². The first-order valence-corrected chi connectivity index (χ1v) is 10.5. The minimum absolute atomic E-state index is 0.120. The number of allylic oxidation sites excluding steroid dienone is 2. The molecule has 4 nitrogen and oxygen atoms in total. The Morgan fingerprint density at radius 1 is 1.18 bits per heavy atom. The first kappa shape index (κ1) is 20.5. The van der Waals surface area contributed by atoms with Crippen LogP contribution in [0, 0.1) is 0 Å². The van der Waals surface area contributed by atoms with E-state index in [2.05, 4.69) is 21.2 Å². The predicted octanol–water partition coefficient (Wildman–Crippen LogP) is 5.24. The highest BCUT2D eigenvalue weighted by Gasteiger charge is 2.33. The Morgan fingerprint density at radius 3 is 2.57 bits per heavy atom. The highest BCUT2D eigenvalue weighted by atomic mass is 79.9. The number of amides is 2. The van der Waals surface area contributed by atoms with Gasteiger partial charge in [0.1, 0.15) is 10.9 Å². The fraction of sp³-hybridized carbons (Fsp3) is 0.0952. The number of para-hydroxylation sites is 1. The highest BCUT2D eigenvalue weighted by Crippen LogP contribution is 2.32. The second-order valence-corrected chi connectivity index (χ2v) is 8.63. The Hall–Kier alpha value is -2.22. The van der Waals surface area contributed by atoms with Gasteiger partial charge in [-0.25, -0.2) is 0 Å². The van der Waals surface area contributed by atoms with Gasteiger partial charge in [-0.15, -0.1) is 0 Å². The summed E-state index contributed by atoms with van der Waals surface area (Å²) in [4.78, 5) is 26.9. The number of carbonyl (C=O) groups excluding carboxylic acids is 2. The van der Waals surface area contributed by atoms with Crippen molar-refractivity contribution in [1.29, 1.82) is 0 Å². The number of benzene rings is 2. The predicted molar refractivity (Wildman–Crippen MR) is 123 cm³/mol. The van der Waals surface area contributed by atoms with Crippen molar-refractivity contribution < 1.29 is 9.59 Å². The SMILES string of the molecule is CC(=Cc1ccccc1)C=C1SC(=S)N(CC(=O)Nc2ccccc2Br)C1=O. The summed E-state index contributed by atoms with van der Waals surface area (Å²) in [5.41, 5.74) is 2.64. The quantitative estimate of drug-likeness (QED) is 0.477. The molecule has 1 saturated heterocycles. The Kier molecular flexibility index (Phi) is 6.83. The first-order valence-electron chi connectivity index (χ1n) is 8.47. The van der Waals surface area contributed by atoms with Gasteiger partial charge < -0.3 is 5.32 Å². The summed E-state index contributed by atoms with van der Waals surface area (Å²) in [6.07, 6.45) is 3.80. The van der Waals surface area contributed by atoms with Crippen LogP contribution in [0.2, 0.25) is 0 Å². The number of nitrogens with one attached hydrogen (secondary N) is 1. The molecule has 0 unspecified atom stereocenters. The second kappa shape index (κ2) is 9.32. The lowest BCUT2D eigenvalue weighted by atomic mass is 10.1. The van der Waals surface area contributed by atoms with Crippen molar-refractivity contribution in [2.45, 2.75) is 6.92 Å². The van der Waals surface area contributed by atoms with Crippen LogP contribution >= 0.6 is 39.9 Å². The third kappa shape index (κ3) is 5.19. The van der Waals surface area contributed by atoms with Crippen molar-refractivity contribution in [2.75, 3.05) is 11.9 Å². The number of anilines is 1. The molecule has 1 N–H and O–H groups in total. The highest BCUT2D eigenvalue weighted by molar-refractivity contribution is 9.10. The van der Waals surface area contributed by atoms with Crippen LogP contribution in [0.5, 0.6) is 0 Å². The number of hydrogen-bond donors (Lipinski definition) is 1. The van der Waals surface area contributed by atoms with Crippen molar-refractivity contribution >= 4 is 67.8 Å². The molecule has 3 rings (SSSR count). The lowest BCUT2D eigenvalue weighted by Crippen LogP contribution is -2.36. The summed E-state index contributed by atoms with van der Waals surface area (Å²) in [5.74, 6) is -0.556. The fourth-order valence-corrected chi connectivity index (χ4v) is 4.28. The lowest BCUT2D eigenvalue weighted by Gasteiger charge is -2.14. The van der Waals surface area contributed by atoms with E-state index in [1.54, 1.807) is 12.1 Å². The smallest absolute Gasteiger partial charge is 0.266 e. The maximum Gasteiger partial charge on any atom is 0.266 e. The lowest BCUT2D eigenvalue weighted by molar-refractivity contribution is -0.126.